The van der Waals surface area contributed by atoms with E-state index in [1.54, 1.807) is 0 Å². The molecular formula is C10H14O. The molecule has 1 heteroatoms. The third-order valence-electron chi connectivity index (χ3n) is 2.26. The zero-order chi connectivity index (χ0) is 8.27. The number of allylic oxidation sites excluding steroid dienone is 4. The second kappa shape index (κ2) is 3.51. The zero-order valence-electron chi connectivity index (χ0n) is 7.13. The fourth-order valence-electron chi connectivity index (χ4n) is 1.54. The number of hydrogen-bond acceptors (Lipinski definition) is 1. The molecule has 1 nitrogen and oxygen atoms in total. The van der Waals surface area contributed by atoms with Gasteiger partial charge in [-0.25, -0.2) is 0 Å². The Bertz CT molecular complexity index is 211. The maximum Gasteiger partial charge on any atom is 0.124 e. The Kier molecular flexibility index (Phi) is 2.64. The first-order valence-corrected chi connectivity index (χ1v) is 4.05. The Morgan fingerprint density at radius 3 is 3.00 bits per heavy atom. The first kappa shape index (κ1) is 8.25. The van der Waals surface area contributed by atoms with Gasteiger partial charge in [-0.15, -0.1) is 0 Å². The third-order valence-corrected chi connectivity index (χ3v) is 2.26. The van der Waals surface area contributed by atoms with Crippen LogP contribution >= 0.6 is 0 Å². The molecule has 0 spiro atoms. The van der Waals surface area contributed by atoms with Crippen LogP contribution in [0.3, 0.4) is 0 Å². The minimum atomic E-state index is 0.560. The van der Waals surface area contributed by atoms with Crippen LogP contribution in [0.2, 0.25) is 0 Å². The van der Waals surface area contributed by atoms with Gasteiger partial charge in [0, 0.05) is 6.42 Å². The second-order valence-electron chi connectivity index (χ2n) is 3.12. The van der Waals surface area contributed by atoms with Crippen LogP contribution in [0.25, 0.3) is 0 Å². The van der Waals surface area contributed by atoms with Gasteiger partial charge in [0.05, 0.1) is 0 Å². The normalized spacial score (nSPS) is 24.0. The van der Waals surface area contributed by atoms with Crippen LogP contribution in [0, 0.1) is 5.92 Å². The molecule has 0 fully saturated rings. The van der Waals surface area contributed by atoms with Gasteiger partial charge in [0.1, 0.15) is 6.29 Å². The van der Waals surface area contributed by atoms with Crippen LogP contribution in [0.15, 0.2) is 23.3 Å². The Morgan fingerprint density at radius 2 is 2.45 bits per heavy atom. The minimum absolute atomic E-state index is 0.560. The molecule has 0 radical (unpaired) electrons. The predicted molar refractivity (Wildman–Crippen MR) is 46.3 cm³/mol. The molecule has 0 amide bonds. The quantitative estimate of drug-likeness (QED) is 0.553. The maximum absolute atomic E-state index is 10.3. The summed E-state index contributed by atoms with van der Waals surface area (Å²) in [6.07, 6.45) is 6.97. The number of carbonyl (C=O) groups is 1. The van der Waals surface area contributed by atoms with Gasteiger partial charge >= 0.3 is 0 Å². The third kappa shape index (κ3) is 1.79. The summed E-state index contributed by atoms with van der Waals surface area (Å²) in [5.74, 6) is 0.560. The highest BCUT2D eigenvalue weighted by Gasteiger charge is 2.12. The lowest BCUT2D eigenvalue weighted by Gasteiger charge is -2.18. The van der Waals surface area contributed by atoms with Gasteiger partial charge in [0.15, 0.2) is 0 Å². The molecule has 1 aliphatic carbocycles. The molecule has 1 atom stereocenters. The standard InChI is InChI=1S/C10H14O/c1-8-4-3-5-9(2)10(8)6-7-11/h3-4,7,9H,5-6H2,1-2H3. The van der Waals surface area contributed by atoms with Crippen molar-refractivity contribution >= 4 is 6.29 Å². The number of hydrogen-bond donors (Lipinski definition) is 0. The van der Waals surface area contributed by atoms with E-state index >= 15 is 0 Å². The topological polar surface area (TPSA) is 17.1 Å². The van der Waals surface area contributed by atoms with Gasteiger partial charge in [0.2, 0.25) is 0 Å². The van der Waals surface area contributed by atoms with Crippen LogP contribution in [0.4, 0.5) is 0 Å². The molecule has 0 saturated heterocycles. The van der Waals surface area contributed by atoms with Gasteiger partial charge in [-0.3, -0.25) is 0 Å². The molecule has 0 N–H and O–H groups in total. The first-order chi connectivity index (χ1) is 5.25. The Labute approximate surface area is 67.8 Å². The summed E-state index contributed by atoms with van der Waals surface area (Å²) < 4.78 is 0. The average Bonchev–Trinajstić information content (AvgIpc) is 1.97. The van der Waals surface area contributed by atoms with Crippen molar-refractivity contribution in [3.8, 4) is 0 Å². The number of rotatable bonds is 2. The summed E-state index contributed by atoms with van der Waals surface area (Å²) in [6.45, 7) is 4.25. The second-order valence-corrected chi connectivity index (χ2v) is 3.12. The van der Waals surface area contributed by atoms with Crippen LogP contribution in [0.5, 0.6) is 0 Å². The molecule has 1 rings (SSSR count). The van der Waals surface area contributed by atoms with E-state index in [1.807, 2.05) is 0 Å². The molecule has 11 heavy (non-hydrogen) atoms. The molecule has 0 bridgehead atoms. The smallest absolute Gasteiger partial charge is 0.124 e. The van der Waals surface area contributed by atoms with E-state index in [2.05, 4.69) is 26.0 Å². The van der Waals surface area contributed by atoms with E-state index in [0.29, 0.717) is 12.3 Å². The lowest BCUT2D eigenvalue weighted by atomic mass is 9.87. The SMILES string of the molecule is CC1=C(CC=O)C(C)CC=C1. The van der Waals surface area contributed by atoms with Gasteiger partial charge in [-0.2, -0.15) is 0 Å². The Morgan fingerprint density at radius 1 is 1.73 bits per heavy atom. The lowest BCUT2D eigenvalue weighted by Crippen LogP contribution is -2.04. The molecule has 1 unspecified atom stereocenters. The Balaban J connectivity index is 2.81. The molecule has 0 aromatic carbocycles. The van der Waals surface area contributed by atoms with E-state index in [-0.39, 0.29) is 0 Å². The van der Waals surface area contributed by atoms with Gasteiger partial charge in [0.25, 0.3) is 0 Å². The molecule has 0 heterocycles. The van der Waals surface area contributed by atoms with Crippen molar-refractivity contribution in [1.82, 2.24) is 0 Å². The van der Waals surface area contributed by atoms with Crippen molar-refractivity contribution in [3.63, 3.8) is 0 Å². The molecule has 0 aliphatic heterocycles. The summed E-state index contributed by atoms with van der Waals surface area (Å²) in [4.78, 5) is 10.3. The van der Waals surface area contributed by atoms with Gasteiger partial charge in [-0.1, -0.05) is 30.2 Å². The lowest BCUT2D eigenvalue weighted by molar-refractivity contribution is -0.107. The summed E-state index contributed by atoms with van der Waals surface area (Å²) in [5, 5.41) is 0. The molecule has 0 aromatic rings. The zero-order valence-corrected chi connectivity index (χ0v) is 7.13. The van der Waals surface area contributed by atoms with E-state index in [1.165, 1.54) is 11.1 Å². The highest BCUT2D eigenvalue weighted by Crippen LogP contribution is 2.26. The summed E-state index contributed by atoms with van der Waals surface area (Å²) in [6, 6.07) is 0. The summed E-state index contributed by atoms with van der Waals surface area (Å²) in [5.41, 5.74) is 2.58. The number of carbonyl (C=O) groups excluding carboxylic acids is 1. The Hall–Kier alpha value is -0.850. The monoisotopic (exact) mass is 150 g/mol. The van der Waals surface area contributed by atoms with Gasteiger partial charge < -0.3 is 4.79 Å². The molecule has 60 valence electrons. The van der Waals surface area contributed by atoms with Crippen LogP contribution < -0.4 is 0 Å². The first-order valence-electron chi connectivity index (χ1n) is 4.05. The maximum atomic E-state index is 10.3. The van der Waals surface area contributed by atoms with Crippen molar-refractivity contribution in [3.05, 3.63) is 23.3 Å². The number of aldehydes is 1. The van der Waals surface area contributed by atoms with Crippen molar-refractivity contribution in [2.24, 2.45) is 5.92 Å². The fraction of sp³-hybridized carbons (Fsp3) is 0.500. The predicted octanol–water partition coefficient (Wildman–Crippen LogP) is 2.49. The summed E-state index contributed by atoms with van der Waals surface area (Å²) >= 11 is 0. The largest absolute Gasteiger partial charge is 0.303 e. The highest BCUT2D eigenvalue weighted by atomic mass is 16.1. The van der Waals surface area contributed by atoms with E-state index in [9.17, 15) is 4.79 Å². The highest BCUT2D eigenvalue weighted by molar-refractivity contribution is 5.56. The van der Waals surface area contributed by atoms with Crippen molar-refractivity contribution < 1.29 is 4.79 Å². The van der Waals surface area contributed by atoms with E-state index < -0.39 is 0 Å². The van der Waals surface area contributed by atoms with Crippen LogP contribution in [-0.4, -0.2) is 6.29 Å². The van der Waals surface area contributed by atoms with Crippen molar-refractivity contribution in [2.75, 3.05) is 0 Å². The molecule has 0 saturated carbocycles. The fourth-order valence-corrected chi connectivity index (χ4v) is 1.54. The average molecular weight is 150 g/mol. The minimum Gasteiger partial charge on any atom is -0.303 e. The van der Waals surface area contributed by atoms with Crippen LogP contribution in [-0.2, 0) is 4.79 Å². The molecule has 0 aromatic heterocycles. The van der Waals surface area contributed by atoms with E-state index in [0.717, 1.165) is 12.7 Å². The van der Waals surface area contributed by atoms with E-state index in [4.69, 9.17) is 0 Å². The van der Waals surface area contributed by atoms with Crippen LogP contribution in [0.1, 0.15) is 26.7 Å². The van der Waals surface area contributed by atoms with Crippen molar-refractivity contribution in [2.45, 2.75) is 26.7 Å². The molecule has 1 aliphatic rings. The van der Waals surface area contributed by atoms with Gasteiger partial charge in [-0.05, 0) is 19.3 Å². The molecular weight excluding hydrogens is 136 g/mol. The van der Waals surface area contributed by atoms with Crippen molar-refractivity contribution in [1.29, 1.82) is 0 Å². The summed E-state index contributed by atoms with van der Waals surface area (Å²) in [7, 11) is 0.